The lowest BCUT2D eigenvalue weighted by molar-refractivity contribution is 0.340. The van der Waals surface area contributed by atoms with Gasteiger partial charge in [0.15, 0.2) is 0 Å². The van der Waals surface area contributed by atoms with Gasteiger partial charge < -0.3 is 19.5 Å². The minimum absolute atomic E-state index is 0.503. The number of piperidine rings is 1. The van der Waals surface area contributed by atoms with Crippen LogP contribution in [-0.4, -0.2) is 45.3 Å². The monoisotopic (exact) mass is 394 g/mol. The Bertz CT molecular complexity index is 961. The summed E-state index contributed by atoms with van der Waals surface area (Å²) in [6.45, 7) is 10.5. The summed E-state index contributed by atoms with van der Waals surface area (Å²) in [5.41, 5.74) is 1.97. The van der Waals surface area contributed by atoms with Crippen molar-refractivity contribution in [3.8, 4) is 5.75 Å². The van der Waals surface area contributed by atoms with Crippen molar-refractivity contribution in [2.45, 2.75) is 52.7 Å². The molecule has 1 N–H and O–H groups in total. The third-order valence-electron chi connectivity index (χ3n) is 5.63. The molecule has 3 aromatic rings. The molecule has 0 aliphatic carbocycles. The maximum absolute atomic E-state index is 5.61. The van der Waals surface area contributed by atoms with E-state index in [0.717, 1.165) is 73.1 Å². The van der Waals surface area contributed by atoms with E-state index in [1.54, 1.807) is 0 Å². The molecule has 1 aromatic carbocycles. The molecule has 0 atom stereocenters. The second-order valence-corrected chi connectivity index (χ2v) is 7.49. The number of hydrogen-bond acceptors (Lipinski definition) is 6. The highest BCUT2D eigenvalue weighted by Crippen LogP contribution is 2.25. The molecule has 0 amide bonds. The summed E-state index contributed by atoms with van der Waals surface area (Å²) in [6, 6.07) is 6.55. The Balaban J connectivity index is 1.39. The Labute approximate surface area is 172 Å². The normalized spacial score (nSPS) is 15.2. The summed E-state index contributed by atoms with van der Waals surface area (Å²) in [6.07, 6.45) is 6.07. The molecule has 0 spiro atoms. The standard InChI is InChI=1S/C22H30N6O/c1-4-27-13-10-23-21(27)15-24-17-8-11-28(12-9-17)22-25-16(3)19-14-18(29-5-2)6-7-20(19)26-22/h6-7,10,13-14,17,24H,4-5,8-9,11-12,15H2,1-3H3. The summed E-state index contributed by atoms with van der Waals surface area (Å²) in [7, 11) is 0. The topological polar surface area (TPSA) is 68.1 Å². The van der Waals surface area contributed by atoms with Crippen LogP contribution >= 0.6 is 0 Å². The molecule has 0 bridgehead atoms. The van der Waals surface area contributed by atoms with Gasteiger partial charge >= 0.3 is 0 Å². The largest absolute Gasteiger partial charge is 0.494 e. The molecule has 4 rings (SSSR count). The molecule has 7 nitrogen and oxygen atoms in total. The number of aromatic nitrogens is 4. The fraction of sp³-hybridized carbons (Fsp3) is 0.500. The first-order valence-corrected chi connectivity index (χ1v) is 10.6. The number of hydrogen-bond donors (Lipinski definition) is 1. The first-order valence-electron chi connectivity index (χ1n) is 10.6. The molecule has 154 valence electrons. The summed E-state index contributed by atoms with van der Waals surface area (Å²) in [4.78, 5) is 16.4. The van der Waals surface area contributed by atoms with E-state index < -0.39 is 0 Å². The number of benzene rings is 1. The molecular weight excluding hydrogens is 364 g/mol. The van der Waals surface area contributed by atoms with Crippen molar-refractivity contribution in [2.24, 2.45) is 0 Å². The molecule has 1 aliphatic heterocycles. The van der Waals surface area contributed by atoms with Crippen LogP contribution in [0.4, 0.5) is 5.95 Å². The van der Waals surface area contributed by atoms with E-state index in [0.29, 0.717) is 12.6 Å². The number of nitrogens with zero attached hydrogens (tertiary/aromatic N) is 5. The van der Waals surface area contributed by atoms with Crippen LogP contribution in [0.5, 0.6) is 5.75 Å². The van der Waals surface area contributed by atoms with Crippen molar-refractivity contribution < 1.29 is 4.74 Å². The molecule has 29 heavy (non-hydrogen) atoms. The molecule has 2 aromatic heterocycles. The molecule has 0 saturated carbocycles. The van der Waals surface area contributed by atoms with E-state index in [-0.39, 0.29) is 0 Å². The average Bonchev–Trinajstić information content (AvgIpc) is 3.21. The van der Waals surface area contributed by atoms with Gasteiger partial charge in [0.2, 0.25) is 5.95 Å². The lowest BCUT2D eigenvalue weighted by Gasteiger charge is -2.32. The van der Waals surface area contributed by atoms with Crippen LogP contribution in [0.15, 0.2) is 30.6 Å². The van der Waals surface area contributed by atoms with E-state index in [9.17, 15) is 0 Å². The third kappa shape index (κ3) is 4.34. The molecule has 0 unspecified atom stereocenters. The third-order valence-corrected chi connectivity index (χ3v) is 5.63. The number of nitrogens with one attached hydrogen (secondary N) is 1. The quantitative estimate of drug-likeness (QED) is 0.663. The van der Waals surface area contributed by atoms with Crippen LogP contribution in [0.2, 0.25) is 0 Å². The molecule has 1 aliphatic rings. The minimum atomic E-state index is 0.503. The number of fused-ring (bicyclic) bond motifs is 1. The number of ether oxygens (including phenoxy) is 1. The number of rotatable bonds is 7. The van der Waals surface area contributed by atoms with Crippen molar-refractivity contribution in [3.05, 3.63) is 42.1 Å². The molecule has 0 radical (unpaired) electrons. The van der Waals surface area contributed by atoms with Crippen molar-refractivity contribution >= 4 is 16.9 Å². The number of imidazole rings is 1. The highest BCUT2D eigenvalue weighted by atomic mass is 16.5. The van der Waals surface area contributed by atoms with Gasteiger partial charge in [0.25, 0.3) is 0 Å². The molecule has 1 fully saturated rings. The number of aryl methyl sites for hydroxylation is 2. The predicted molar refractivity (Wildman–Crippen MR) is 115 cm³/mol. The SMILES string of the molecule is CCOc1ccc2nc(N3CCC(NCc4nccn4CC)CC3)nc(C)c2c1. The van der Waals surface area contributed by atoms with Crippen LogP contribution in [-0.2, 0) is 13.1 Å². The van der Waals surface area contributed by atoms with Crippen molar-refractivity contribution in [2.75, 3.05) is 24.6 Å². The van der Waals surface area contributed by atoms with Gasteiger partial charge in [0.1, 0.15) is 11.6 Å². The van der Waals surface area contributed by atoms with Gasteiger partial charge in [-0.2, -0.15) is 0 Å². The van der Waals surface area contributed by atoms with Gasteiger partial charge in [-0.05, 0) is 51.8 Å². The van der Waals surface area contributed by atoms with Gasteiger partial charge in [0.05, 0.1) is 24.4 Å². The average molecular weight is 395 g/mol. The van der Waals surface area contributed by atoms with E-state index >= 15 is 0 Å². The maximum Gasteiger partial charge on any atom is 0.226 e. The van der Waals surface area contributed by atoms with E-state index in [1.807, 2.05) is 44.4 Å². The van der Waals surface area contributed by atoms with E-state index in [4.69, 9.17) is 14.7 Å². The zero-order valence-electron chi connectivity index (χ0n) is 17.6. The fourth-order valence-corrected chi connectivity index (χ4v) is 3.96. The fourth-order valence-electron chi connectivity index (χ4n) is 3.96. The molecule has 1 saturated heterocycles. The highest BCUT2D eigenvalue weighted by molar-refractivity contribution is 5.83. The van der Waals surface area contributed by atoms with Crippen LogP contribution in [0, 0.1) is 6.92 Å². The molecular formula is C22H30N6O. The van der Waals surface area contributed by atoms with E-state index in [1.165, 1.54) is 0 Å². The van der Waals surface area contributed by atoms with Crippen LogP contribution < -0.4 is 15.0 Å². The Kier molecular flexibility index (Phi) is 5.94. The first-order chi connectivity index (χ1) is 14.2. The smallest absolute Gasteiger partial charge is 0.226 e. The Hall–Kier alpha value is -2.67. The first kappa shape index (κ1) is 19.6. The zero-order valence-corrected chi connectivity index (χ0v) is 17.6. The van der Waals surface area contributed by atoms with Crippen LogP contribution in [0.1, 0.15) is 38.2 Å². The maximum atomic E-state index is 5.61. The lowest BCUT2D eigenvalue weighted by atomic mass is 10.1. The summed E-state index contributed by atoms with van der Waals surface area (Å²) < 4.78 is 7.80. The van der Waals surface area contributed by atoms with Gasteiger partial charge in [-0.1, -0.05) is 0 Å². The zero-order chi connectivity index (χ0) is 20.2. The summed E-state index contributed by atoms with van der Waals surface area (Å²) in [5.74, 6) is 2.81. The van der Waals surface area contributed by atoms with Gasteiger partial charge in [-0.15, -0.1) is 0 Å². The molecule has 3 heterocycles. The second-order valence-electron chi connectivity index (χ2n) is 7.49. The summed E-state index contributed by atoms with van der Waals surface area (Å²) in [5, 5.41) is 4.72. The van der Waals surface area contributed by atoms with Gasteiger partial charge in [-0.3, -0.25) is 0 Å². The number of anilines is 1. The Morgan fingerprint density at radius 2 is 2.00 bits per heavy atom. The van der Waals surface area contributed by atoms with Gasteiger partial charge in [0, 0.05) is 43.5 Å². The van der Waals surface area contributed by atoms with Crippen molar-refractivity contribution in [3.63, 3.8) is 0 Å². The highest BCUT2D eigenvalue weighted by Gasteiger charge is 2.22. The van der Waals surface area contributed by atoms with Crippen LogP contribution in [0.25, 0.3) is 10.9 Å². The second kappa shape index (κ2) is 8.78. The van der Waals surface area contributed by atoms with Crippen molar-refractivity contribution in [1.29, 1.82) is 0 Å². The lowest BCUT2D eigenvalue weighted by Crippen LogP contribution is -2.43. The summed E-state index contributed by atoms with van der Waals surface area (Å²) >= 11 is 0. The van der Waals surface area contributed by atoms with Crippen LogP contribution in [0.3, 0.4) is 0 Å². The Morgan fingerprint density at radius 1 is 1.17 bits per heavy atom. The Morgan fingerprint density at radius 3 is 2.76 bits per heavy atom. The van der Waals surface area contributed by atoms with Crippen molar-refractivity contribution in [1.82, 2.24) is 24.8 Å². The van der Waals surface area contributed by atoms with E-state index in [2.05, 4.69) is 26.7 Å². The minimum Gasteiger partial charge on any atom is -0.494 e. The molecule has 7 heteroatoms. The predicted octanol–water partition coefficient (Wildman–Crippen LogP) is 3.31. The van der Waals surface area contributed by atoms with Gasteiger partial charge in [-0.25, -0.2) is 15.0 Å².